The minimum Gasteiger partial charge on any atom is -0.396 e. The Morgan fingerprint density at radius 3 is 1.45 bits per heavy atom. The van der Waals surface area contributed by atoms with Crippen molar-refractivity contribution in [3.8, 4) is 0 Å². The molecule has 0 heterocycles. The standard InChI is InChI=1S/C18H38O2/c1-16(2)18(20)14-12-10-8-6-4-5-7-9-11-13-17(3)15-19/h16-20H,4-15H2,1-3H3. The average Bonchev–Trinajstić information content (AvgIpc) is 2.43. The summed E-state index contributed by atoms with van der Waals surface area (Å²) in [5, 5.41) is 18.6. The van der Waals surface area contributed by atoms with E-state index in [0.717, 1.165) is 6.42 Å². The van der Waals surface area contributed by atoms with Crippen molar-refractivity contribution in [2.45, 2.75) is 97.5 Å². The predicted octanol–water partition coefficient (Wildman–Crippen LogP) is 4.92. The molecule has 0 aromatic heterocycles. The molecule has 0 aliphatic rings. The highest BCUT2D eigenvalue weighted by Crippen LogP contribution is 2.15. The van der Waals surface area contributed by atoms with E-state index in [-0.39, 0.29) is 6.10 Å². The van der Waals surface area contributed by atoms with Crippen LogP contribution in [0.1, 0.15) is 91.4 Å². The van der Waals surface area contributed by atoms with Crippen LogP contribution in [0.2, 0.25) is 0 Å². The summed E-state index contributed by atoms with van der Waals surface area (Å²) in [6.07, 6.45) is 13.9. The largest absolute Gasteiger partial charge is 0.396 e. The van der Waals surface area contributed by atoms with Gasteiger partial charge in [-0.05, 0) is 24.7 Å². The first-order valence-corrected chi connectivity index (χ1v) is 8.86. The van der Waals surface area contributed by atoms with E-state index in [4.69, 9.17) is 5.11 Å². The highest BCUT2D eigenvalue weighted by molar-refractivity contribution is 4.59. The molecule has 0 saturated carbocycles. The molecule has 2 heteroatoms. The van der Waals surface area contributed by atoms with Crippen molar-refractivity contribution in [1.82, 2.24) is 0 Å². The Balaban J connectivity index is 3.10. The van der Waals surface area contributed by atoms with Gasteiger partial charge in [0.25, 0.3) is 0 Å². The van der Waals surface area contributed by atoms with Crippen molar-refractivity contribution in [2.75, 3.05) is 6.61 Å². The maximum Gasteiger partial charge on any atom is 0.0563 e. The summed E-state index contributed by atoms with van der Waals surface area (Å²) >= 11 is 0. The molecule has 2 N–H and O–H groups in total. The van der Waals surface area contributed by atoms with E-state index in [1.807, 2.05) is 0 Å². The summed E-state index contributed by atoms with van der Waals surface area (Å²) in [6.45, 7) is 6.64. The Bertz CT molecular complexity index is 192. The van der Waals surface area contributed by atoms with Crippen LogP contribution in [0.3, 0.4) is 0 Å². The Kier molecular flexibility index (Phi) is 13.8. The maximum atomic E-state index is 9.69. The van der Waals surface area contributed by atoms with Crippen molar-refractivity contribution < 1.29 is 10.2 Å². The third-order valence-corrected chi connectivity index (χ3v) is 4.28. The molecule has 0 rings (SSSR count). The second-order valence-electron chi connectivity index (χ2n) is 6.86. The number of hydrogen-bond donors (Lipinski definition) is 2. The van der Waals surface area contributed by atoms with E-state index in [1.165, 1.54) is 64.2 Å². The second kappa shape index (κ2) is 13.9. The molecule has 2 nitrogen and oxygen atoms in total. The van der Waals surface area contributed by atoms with Crippen molar-refractivity contribution in [3.63, 3.8) is 0 Å². The Hall–Kier alpha value is -0.0800. The summed E-state index contributed by atoms with van der Waals surface area (Å²) in [6, 6.07) is 0. The van der Waals surface area contributed by atoms with Crippen LogP contribution in [0.4, 0.5) is 0 Å². The number of rotatable bonds is 14. The third kappa shape index (κ3) is 12.9. The molecule has 0 aliphatic heterocycles. The first-order valence-electron chi connectivity index (χ1n) is 8.86. The number of hydrogen-bond acceptors (Lipinski definition) is 2. The summed E-state index contributed by atoms with van der Waals surface area (Å²) in [4.78, 5) is 0. The normalized spacial score (nSPS) is 14.7. The highest BCUT2D eigenvalue weighted by atomic mass is 16.3. The van der Waals surface area contributed by atoms with E-state index in [0.29, 0.717) is 18.4 Å². The number of aliphatic hydroxyl groups is 2. The van der Waals surface area contributed by atoms with Gasteiger partial charge in [0.2, 0.25) is 0 Å². The lowest BCUT2D eigenvalue weighted by atomic mass is 9.99. The van der Waals surface area contributed by atoms with Crippen LogP contribution in [-0.2, 0) is 0 Å². The Labute approximate surface area is 127 Å². The van der Waals surface area contributed by atoms with E-state index in [1.54, 1.807) is 0 Å². The minimum absolute atomic E-state index is 0.101. The molecule has 0 radical (unpaired) electrons. The Morgan fingerprint density at radius 1 is 0.650 bits per heavy atom. The number of aliphatic hydroxyl groups excluding tert-OH is 2. The van der Waals surface area contributed by atoms with E-state index in [2.05, 4.69) is 20.8 Å². The fourth-order valence-electron chi connectivity index (χ4n) is 2.51. The fourth-order valence-corrected chi connectivity index (χ4v) is 2.51. The first-order chi connectivity index (χ1) is 9.57. The lowest BCUT2D eigenvalue weighted by Gasteiger charge is -2.13. The van der Waals surface area contributed by atoms with Gasteiger partial charge in [-0.2, -0.15) is 0 Å². The summed E-state index contributed by atoms with van der Waals surface area (Å²) in [5.74, 6) is 0.889. The molecule has 0 amide bonds. The zero-order chi connectivity index (χ0) is 15.2. The molecule has 0 aliphatic carbocycles. The zero-order valence-corrected chi connectivity index (χ0v) is 14.1. The molecule has 122 valence electrons. The predicted molar refractivity (Wildman–Crippen MR) is 87.9 cm³/mol. The van der Waals surface area contributed by atoms with Gasteiger partial charge in [-0.25, -0.2) is 0 Å². The molecule has 0 bridgehead atoms. The molecule has 0 aromatic rings. The third-order valence-electron chi connectivity index (χ3n) is 4.28. The number of unbranched alkanes of at least 4 members (excludes halogenated alkanes) is 8. The van der Waals surface area contributed by atoms with Gasteiger partial charge in [-0.15, -0.1) is 0 Å². The van der Waals surface area contributed by atoms with E-state index < -0.39 is 0 Å². The van der Waals surface area contributed by atoms with Crippen molar-refractivity contribution in [2.24, 2.45) is 11.8 Å². The van der Waals surface area contributed by atoms with Gasteiger partial charge in [-0.3, -0.25) is 0 Å². The van der Waals surface area contributed by atoms with Crippen LogP contribution in [0.5, 0.6) is 0 Å². The smallest absolute Gasteiger partial charge is 0.0563 e. The van der Waals surface area contributed by atoms with E-state index >= 15 is 0 Å². The monoisotopic (exact) mass is 286 g/mol. The SMILES string of the molecule is CC(CO)CCCCCCCCCCCC(O)C(C)C. The van der Waals surface area contributed by atoms with Crippen LogP contribution >= 0.6 is 0 Å². The molecule has 2 atom stereocenters. The van der Waals surface area contributed by atoms with Crippen LogP contribution < -0.4 is 0 Å². The van der Waals surface area contributed by atoms with Gasteiger partial charge >= 0.3 is 0 Å². The zero-order valence-electron chi connectivity index (χ0n) is 14.1. The van der Waals surface area contributed by atoms with Gasteiger partial charge in [0.05, 0.1) is 6.10 Å². The quantitative estimate of drug-likeness (QED) is 0.445. The van der Waals surface area contributed by atoms with Gasteiger partial charge in [0, 0.05) is 6.61 Å². The maximum absolute atomic E-state index is 9.69. The fraction of sp³-hybridized carbons (Fsp3) is 1.00. The van der Waals surface area contributed by atoms with Gasteiger partial charge in [-0.1, -0.05) is 78.6 Å². The average molecular weight is 286 g/mol. The summed E-state index contributed by atoms with van der Waals surface area (Å²) in [5.41, 5.74) is 0. The van der Waals surface area contributed by atoms with Crippen LogP contribution in [-0.4, -0.2) is 22.9 Å². The van der Waals surface area contributed by atoms with Gasteiger partial charge < -0.3 is 10.2 Å². The van der Waals surface area contributed by atoms with Crippen LogP contribution in [0, 0.1) is 11.8 Å². The molecular formula is C18H38O2. The molecule has 0 fully saturated rings. The van der Waals surface area contributed by atoms with Crippen molar-refractivity contribution >= 4 is 0 Å². The first kappa shape index (κ1) is 19.9. The van der Waals surface area contributed by atoms with Crippen LogP contribution in [0.25, 0.3) is 0 Å². The molecular weight excluding hydrogens is 248 g/mol. The molecule has 0 aromatic carbocycles. The van der Waals surface area contributed by atoms with Crippen molar-refractivity contribution in [1.29, 1.82) is 0 Å². The molecule has 0 spiro atoms. The summed E-state index contributed by atoms with van der Waals surface area (Å²) < 4.78 is 0. The molecule has 2 unspecified atom stereocenters. The van der Waals surface area contributed by atoms with E-state index in [9.17, 15) is 5.11 Å². The molecule has 0 saturated heterocycles. The second-order valence-corrected chi connectivity index (χ2v) is 6.86. The molecule has 20 heavy (non-hydrogen) atoms. The minimum atomic E-state index is -0.101. The Morgan fingerprint density at radius 2 is 1.05 bits per heavy atom. The van der Waals surface area contributed by atoms with Crippen molar-refractivity contribution in [3.05, 3.63) is 0 Å². The lowest BCUT2D eigenvalue weighted by Crippen LogP contribution is -2.13. The lowest BCUT2D eigenvalue weighted by molar-refractivity contribution is 0.113. The topological polar surface area (TPSA) is 40.5 Å². The van der Waals surface area contributed by atoms with Gasteiger partial charge in [0.1, 0.15) is 0 Å². The van der Waals surface area contributed by atoms with Crippen LogP contribution in [0.15, 0.2) is 0 Å². The van der Waals surface area contributed by atoms with Gasteiger partial charge in [0.15, 0.2) is 0 Å². The highest BCUT2D eigenvalue weighted by Gasteiger charge is 2.07. The summed E-state index contributed by atoms with van der Waals surface area (Å²) in [7, 11) is 0.